The van der Waals surface area contributed by atoms with Gasteiger partial charge in [-0.05, 0) is 50.1 Å². The topological polar surface area (TPSA) is 29.1 Å². The molecule has 0 radical (unpaired) electrons. The summed E-state index contributed by atoms with van der Waals surface area (Å²) in [6, 6.07) is 5.81. The maximum absolute atomic E-state index is 12.2. The maximum atomic E-state index is 12.2. The van der Waals surface area contributed by atoms with Gasteiger partial charge in [0.05, 0.1) is 0 Å². The molecule has 1 aromatic rings. The first-order valence-electron chi connectivity index (χ1n) is 6.18. The number of thioether (sulfide) groups is 1. The zero-order valence-corrected chi connectivity index (χ0v) is 13.2. The van der Waals surface area contributed by atoms with Gasteiger partial charge in [0.15, 0.2) is 0 Å². The van der Waals surface area contributed by atoms with Crippen molar-refractivity contribution >= 4 is 33.6 Å². The molecule has 1 N–H and O–H groups in total. The van der Waals surface area contributed by atoms with Crippen LogP contribution in [0.2, 0.25) is 0 Å². The number of nitrogens with one attached hydrogen (secondary N) is 1. The average molecular weight is 328 g/mol. The van der Waals surface area contributed by atoms with Crippen molar-refractivity contribution in [3.05, 3.63) is 33.8 Å². The molecule has 2 nitrogen and oxygen atoms in total. The fourth-order valence-corrected chi connectivity index (χ4v) is 3.78. The van der Waals surface area contributed by atoms with Gasteiger partial charge in [0.25, 0.3) is 5.91 Å². The lowest BCUT2D eigenvalue weighted by atomic mass is 10.0. The Bertz CT molecular complexity index is 455. The fourth-order valence-electron chi connectivity index (χ4n) is 2.18. The summed E-state index contributed by atoms with van der Waals surface area (Å²) in [7, 11) is 0. The minimum absolute atomic E-state index is 0.0301. The van der Waals surface area contributed by atoms with Gasteiger partial charge in [0, 0.05) is 21.3 Å². The summed E-state index contributed by atoms with van der Waals surface area (Å²) in [5.41, 5.74) is 1.77. The second kappa shape index (κ2) is 5.66. The Kier molecular flexibility index (Phi) is 4.38. The highest BCUT2D eigenvalue weighted by Crippen LogP contribution is 2.37. The first-order valence-corrected chi connectivity index (χ1v) is 7.96. The second-order valence-corrected chi connectivity index (χ2v) is 7.64. The third-order valence-electron chi connectivity index (χ3n) is 3.37. The van der Waals surface area contributed by atoms with Gasteiger partial charge in [0.2, 0.25) is 0 Å². The Morgan fingerprint density at radius 2 is 2.33 bits per heavy atom. The number of aryl methyl sites for hydroxylation is 1. The van der Waals surface area contributed by atoms with Gasteiger partial charge in [-0.25, -0.2) is 0 Å². The molecule has 1 aliphatic rings. The molecule has 0 bridgehead atoms. The Balaban J connectivity index is 2.01. The first kappa shape index (κ1) is 13.9. The molecule has 98 valence electrons. The zero-order valence-electron chi connectivity index (χ0n) is 10.8. The van der Waals surface area contributed by atoms with E-state index in [1.807, 2.05) is 36.9 Å². The smallest absolute Gasteiger partial charge is 0.251 e. The Morgan fingerprint density at radius 1 is 1.56 bits per heavy atom. The molecule has 1 saturated heterocycles. The van der Waals surface area contributed by atoms with Crippen LogP contribution in [0.3, 0.4) is 0 Å². The van der Waals surface area contributed by atoms with E-state index in [0.717, 1.165) is 22.1 Å². The van der Waals surface area contributed by atoms with E-state index >= 15 is 0 Å². The van der Waals surface area contributed by atoms with Crippen molar-refractivity contribution in [2.45, 2.75) is 31.4 Å². The average Bonchev–Trinajstić information content (AvgIpc) is 2.77. The predicted octanol–water partition coefficient (Wildman–Crippen LogP) is 3.77. The quantitative estimate of drug-likeness (QED) is 0.915. The molecule has 0 spiro atoms. The Hall–Kier alpha value is -0.480. The van der Waals surface area contributed by atoms with Crippen LogP contribution >= 0.6 is 27.7 Å². The maximum Gasteiger partial charge on any atom is 0.251 e. The highest BCUT2D eigenvalue weighted by atomic mass is 79.9. The summed E-state index contributed by atoms with van der Waals surface area (Å²) in [4.78, 5) is 12.2. The van der Waals surface area contributed by atoms with E-state index in [1.54, 1.807) is 0 Å². The van der Waals surface area contributed by atoms with Gasteiger partial charge >= 0.3 is 0 Å². The van der Waals surface area contributed by atoms with Crippen molar-refractivity contribution in [3.8, 4) is 0 Å². The van der Waals surface area contributed by atoms with Crippen molar-refractivity contribution in [2.24, 2.45) is 0 Å². The Morgan fingerprint density at radius 3 is 3.00 bits per heavy atom. The number of carbonyl (C=O) groups is 1. The minimum atomic E-state index is 0.0301. The van der Waals surface area contributed by atoms with E-state index in [0.29, 0.717) is 0 Å². The van der Waals surface area contributed by atoms with Gasteiger partial charge in [-0.1, -0.05) is 22.0 Å². The third kappa shape index (κ3) is 3.29. The van der Waals surface area contributed by atoms with E-state index in [4.69, 9.17) is 0 Å². The van der Waals surface area contributed by atoms with E-state index < -0.39 is 0 Å². The molecule has 0 aliphatic carbocycles. The molecule has 1 aromatic carbocycles. The summed E-state index contributed by atoms with van der Waals surface area (Å²) < 4.78 is 1.16. The van der Waals surface area contributed by atoms with Crippen molar-refractivity contribution in [2.75, 3.05) is 12.3 Å². The van der Waals surface area contributed by atoms with Crippen LogP contribution in [0.25, 0.3) is 0 Å². The van der Waals surface area contributed by atoms with Crippen LogP contribution in [0.15, 0.2) is 22.7 Å². The lowest BCUT2D eigenvalue weighted by Crippen LogP contribution is -2.37. The molecule has 18 heavy (non-hydrogen) atoms. The number of amides is 1. The van der Waals surface area contributed by atoms with Crippen LogP contribution in [0.5, 0.6) is 0 Å². The number of benzene rings is 1. The predicted molar refractivity (Wildman–Crippen MR) is 81.3 cm³/mol. The summed E-state index contributed by atoms with van der Waals surface area (Å²) in [6.45, 7) is 4.95. The lowest BCUT2D eigenvalue weighted by molar-refractivity contribution is 0.0949. The summed E-state index contributed by atoms with van der Waals surface area (Å²) in [6.07, 6.45) is 2.45. The summed E-state index contributed by atoms with van der Waals surface area (Å²) >= 11 is 5.37. The lowest BCUT2D eigenvalue weighted by Gasteiger charge is -2.23. The van der Waals surface area contributed by atoms with Crippen molar-refractivity contribution in [1.29, 1.82) is 0 Å². The number of hydrogen-bond acceptors (Lipinski definition) is 2. The van der Waals surface area contributed by atoms with E-state index in [-0.39, 0.29) is 10.7 Å². The van der Waals surface area contributed by atoms with Crippen molar-refractivity contribution < 1.29 is 4.79 Å². The molecular formula is C14H18BrNOS. The van der Waals surface area contributed by atoms with Crippen LogP contribution < -0.4 is 5.32 Å². The molecule has 0 saturated carbocycles. The third-order valence-corrected chi connectivity index (χ3v) is 5.40. The van der Waals surface area contributed by atoms with Crippen LogP contribution in [0.1, 0.15) is 35.7 Å². The number of rotatable bonds is 3. The largest absolute Gasteiger partial charge is 0.351 e. The number of hydrogen-bond donors (Lipinski definition) is 1. The van der Waals surface area contributed by atoms with Crippen molar-refractivity contribution in [1.82, 2.24) is 5.32 Å². The molecule has 1 amide bonds. The molecule has 4 heteroatoms. The highest BCUT2D eigenvalue weighted by molar-refractivity contribution is 9.10. The highest BCUT2D eigenvalue weighted by Gasteiger charge is 2.29. The van der Waals surface area contributed by atoms with Crippen LogP contribution in [0.4, 0.5) is 0 Å². The fraction of sp³-hybridized carbons (Fsp3) is 0.500. The van der Waals surface area contributed by atoms with Crippen LogP contribution in [-0.4, -0.2) is 23.0 Å². The molecule has 1 unspecified atom stereocenters. The van der Waals surface area contributed by atoms with Gasteiger partial charge in [0.1, 0.15) is 0 Å². The SMILES string of the molecule is Cc1ccc(Br)cc1C(=O)NCC1(C)CCCS1. The van der Waals surface area contributed by atoms with Crippen LogP contribution in [-0.2, 0) is 0 Å². The molecule has 1 fully saturated rings. The van der Waals surface area contributed by atoms with E-state index in [2.05, 4.69) is 28.2 Å². The zero-order chi connectivity index (χ0) is 13.2. The molecular weight excluding hydrogens is 310 g/mol. The Labute approximate surface area is 121 Å². The number of carbonyl (C=O) groups excluding carboxylic acids is 1. The van der Waals surface area contributed by atoms with Crippen molar-refractivity contribution in [3.63, 3.8) is 0 Å². The minimum Gasteiger partial charge on any atom is -0.351 e. The van der Waals surface area contributed by atoms with E-state index in [1.165, 1.54) is 18.6 Å². The molecule has 1 atom stereocenters. The summed E-state index contributed by atoms with van der Waals surface area (Å²) in [5, 5.41) is 3.07. The molecule has 1 aliphatic heterocycles. The summed E-state index contributed by atoms with van der Waals surface area (Å²) in [5.74, 6) is 1.24. The first-order chi connectivity index (χ1) is 8.50. The standard InChI is InChI=1S/C14H18BrNOS/c1-10-4-5-11(15)8-12(10)13(17)16-9-14(2)6-3-7-18-14/h4-5,8H,3,6-7,9H2,1-2H3,(H,16,17). The van der Waals surface area contributed by atoms with Gasteiger partial charge in [-0.2, -0.15) is 11.8 Å². The second-order valence-electron chi connectivity index (χ2n) is 5.04. The van der Waals surface area contributed by atoms with Crippen LogP contribution in [0, 0.1) is 6.92 Å². The van der Waals surface area contributed by atoms with Gasteiger partial charge in [-0.15, -0.1) is 0 Å². The monoisotopic (exact) mass is 327 g/mol. The van der Waals surface area contributed by atoms with Gasteiger partial charge in [-0.3, -0.25) is 4.79 Å². The molecule has 0 aromatic heterocycles. The number of halogens is 1. The molecule has 1 heterocycles. The van der Waals surface area contributed by atoms with E-state index in [9.17, 15) is 4.79 Å². The molecule has 2 rings (SSSR count). The van der Waals surface area contributed by atoms with Gasteiger partial charge < -0.3 is 5.32 Å². The normalized spacial score (nSPS) is 23.1.